The first kappa shape index (κ1) is 24.4. The van der Waals surface area contributed by atoms with Gasteiger partial charge in [0.15, 0.2) is 0 Å². The maximum Gasteiger partial charge on any atom is 0.243 e. The Kier molecular flexibility index (Phi) is 7.40. The molecule has 0 saturated carbocycles. The lowest BCUT2D eigenvalue weighted by atomic mass is 10.0. The minimum atomic E-state index is -3.80. The summed E-state index contributed by atoms with van der Waals surface area (Å²) in [6, 6.07) is 37.7. The van der Waals surface area contributed by atoms with Gasteiger partial charge in [-0.25, -0.2) is 8.42 Å². The van der Waals surface area contributed by atoms with Crippen LogP contribution >= 0.6 is 0 Å². The van der Waals surface area contributed by atoms with Gasteiger partial charge in [-0.05, 0) is 64.7 Å². The van der Waals surface area contributed by atoms with Crippen LogP contribution in [0.25, 0.3) is 11.1 Å². The van der Waals surface area contributed by atoms with E-state index in [0.717, 1.165) is 22.3 Å². The molecule has 0 radical (unpaired) electrons. The molecule has 0 N–H and O–H groups in total. The van der Waals surface area contributed by atoms with Crippen LogP contribution in [0, 0.1) is 0 Å². The van der Waals surface area contributed by atoms with Crippen LogP contribution in [0.4, 0.5) is 0 Å². The summed E-state index contributed by atoms with van der Waals surface area (Å²) in [7, 11) is -3.80. The zero-order valence-corrected chi connectivity index (χ0v) is 21.0. The van der Waals surface area contributed by atoms with Gasteiger partial charge < -0.3 is 4.74 Å². The zero-order chi connectivity index (χ0) is 25.5. The predicted molar refractivity (Wildman–Crippen MR) is 146 cm³/mol. The summed E-state index contributed by atoms with van der Waals surface area (Å²) in [6.45, 7) is 0.438. The van der Waals surface area contributed by atoms with Gasteiger partial charge in [-0.15, -0.1) is 0 Å². The van der Waals surface area contributed by atoms with Gasteiger partial charge in [0.1, 0.15) is 11.5 Å². The third-order valence-electron chi connectivity index (χ3n) is 5.94. The van der Waals surface area contributed by atoms with Gasteiger partial charge >= 0.3 is 0 Å². The Labute approximate surface area is 217 Å². The molecule has 0 unspecified atom stereocenters. The van der Waals surface area contributed by atoms with Gasteiger partial charge in [0.05, 0.1) is 4.90 Å². The normalized spacial score (nSPS) is 11.4. The van der Waals surface area contributed by atoms with Crippen molar-refractivity contribution in [1.29, 1.82) is 0 Å². The number of aromatic nitrogens is 1. The van der Waals surface area contributed by atoms with Gasteiger partial charge in [0.25, 0.3) is 0 Å². The molecule has 5 aromatic rings. The Morgan fingerprint density at radius 2 is 1.19 bits per heavy atom. The molecule has 0 aliphatic carbocycles. The molecule has 0 aliphatic rings. The number of hydrogen-bond donors (Lipinski definition) is 0. The summed E-state index contributed by atoms with van der Waals surface area (Å²) in [4.78, 5) is 4.36. The third kappa shape index (κ3) is 6.12. The Bertz CT molecular complexity index is 1520. The monoisotopic (exact) mass is 506 g/mol. The van der Waals surface area contributed by atoms with Crippen molar-refractivity contribution >= 4 is 10.0 Å². The number of sulfonamides is 1. The fourth-order valence-corrected chi connectivity index (χ4v) is 5.43. The van der Waals surface area contributed by atoms with Crippen LogP contribution in [0.1, 0.15) is 11.1 Å². The second-order valence-corrected chi connectivity index (χ2v) is 10.5. The van der Waals surface area contributed by atoms with Crippen molar-refractivity contribution in [3.8, 4) is 22.6 Å². The van der Waals surface area contributed by atoms with Crippen molar-refractivity contribution in [2.24, 2.45) is 0 Å². The first-order chi connectivity index (χ1) is 18.1. The topological polar surface area (TPSA) is 59.5 Å². The summed E-state index contributed by atoms with van der Waals surface area (Å²) < 4.78 is 34.8. The predicted octanol–water partition coefficient (Wildman–Crippen LogP) is 6.93. The van der Waals surface area contributed by atoms with E-state index < -0.39 is 10.0 Å². The first-order valence-corrected chi connectivity index (χ1v) is 13.4. The van der Waals surface area contributed by atoms with E-state index >= 15 is 0 Å². The second-order valence-electron chi connectivity index (χ2n) is 8.58. The maximum atomic E-state index is 13.8. The molecule has 5 nitrogen and oxygen atoms in total. The van der Waals surface area contributed by atoms with Gasteiger partial charge in [-0.1, -0.05) is 78.9 Å². The number of pyridine rings is 1. The molecule has 0 aliphatic heterocycles. The molecule has 5 rings (SSSR count). The van der Waals surface area contributed by atoms with Crippen molar-refractivity contribution in [3.63, 3.8) is 0 Å². The number of rotatable bonds is 9. The molecule has 0 amide bonds. The van der Waals surface area contributed by atoms with Crippen LogP contribution in [0.2, 0.25) is 0 Å². The molecular weight excluding hydrogens is 480 g/mol. The van der Waals surface area contributed by atoms with Crippen LogP contribution in [0.15, 0.2) is 139 Å². The van der Waals surface area contributed by atoms with Crippen molar-refractivity contribution in [2.75, 3.05) is 0 Å². The quantitative estimate of drug-likeness (QED) is 0.217. The number of hydrogen-bond acceptors (Lipinski definition) is 4. The molecular formula is C31H26N2O3S. The first-order valence-electron chi connectivity index (χ1n) is 11.9. The van der Waals surface area contributed by atoms with Crippen LogP contribution in [-0.2, 0) is 23.1 Å². The average molecular weight is 507 g/mol. The standard InChI is InChI=1S/C31H26N2O3S/c34-37(35,31-19-17-30(18-20-31)36-29-11-5-2-6-12-29)33(24-26-8-7-21-32-22-26)23-25-13-15-28(16-14-25)27-9-3-1-4-10-27/h1-22H,23-24H2. The van der Waals surface area contributed by atoms with Gasteiger partial charge in [-0.2, -0.15) is 4.31 Å². The van der Waals surface area contributed by atoms with Crippen molar-refractivity contribution in [2.45, 2.75) is 18.0 Å². The number of ether oxygens (including phenoxy) is 1. The van der Waals surface area contributed by atoms with E-state index in [9.17, 15) is 8.42 Å². The van der Waals surface area contributed by atoms with E-state index in [-0.39, 0.29) is 18.0 Å². The summed E-state index contributed by atoms with van der Waals surface area (Å²) in [6.07, 6.45) is 3.37. The smallest absolute Gasteiger partial charge is 0.243 e. The van der Waals surface area contributed by atoms with Crippen molar-refractivity contribution < 1.29 is 13.2 Å². The molecule has 0 spiro atoms. The van der Waals surface area contributed by atoms with E-state index in [1.165, 1.54) is 4.31 Å². The molecule has 0 bridgehead atoms. The van der Waals surface area contributed by atoms with Gasteiger partial charge in [0, 0.05) is 25.5 Å². The van der Waals surface area contributed by atoms with Crippen LogP contribution < -0.4 is 4.74 Å². The molecule has 4 aromatic carbocycles. The zero-order valence-electron chi connectivity index (χ0n) is 20.1. The van der Waals surface area contributed by atoms with E-state index in [1.54, 1.807) is 36.7 Å². The Balaban J connectivity index is 1.40. The van der Waals surface area contributed by atoms with E-state index in [1.807, 2.05) is 84.9 Å². The summed E-state index contributed by atoms with van der Waals surface area (Å²) >= 11 is 0. The minimum Gasteiger partial charge on any atom is -0.457 e. The van der Waals surface area contributed by atoms with E-state index in [2.05, 4.69) is 17.1 Å². The lowest BCUT2D eigenvalue weighted by Gasteiger charge is -2.23. The maximum absolute atomic E-state index is 13.8. The molecule has 184 valence electrons. The summed E-state index contributed by atoms with van der Waals surface area (Å²) in [5, 5.41) is 0. The summed E-state index contributed by atoms with van der Waals surface area (Å²) in [5.41, 5.74) is 3.92. The van der Waals surface area contributed by atoms with Gasteiger partial charge in [0.2, 0.25) is 10.0 Å². The van der Waals surface area contributed by atoms with Crippen molar-refractivity contribution in [3.05, 3.63) is 145 Å². The van der Waals surface area contributed by atoms with E-state index in [4.69, 9.17) is 4.74 Å². The molecule has 0 saturated heterocycles. The number of para-hydroxylation sites is 1. The Hall–Kier alpha value is -4.26. The highest BCUT2D eigenvalue weighted by molar-refractivity contribution is 7.89. The van der Waals surface area contributed by atoms with Gasteiger partial charge in [-0.3, -0.25) is 4.98 Å². The highest BCUT2D eigenvalue weighted by Crippen LogP contribution is 2.27. The van der Waals surface area contributed by atoms with Crippen LogP contribution in [0.3, 0.4) is 0 Å². The Morgan fingerprint density at radius 3 is 1.84 bits per heavy atom. The largest absolute Gasteiger partial charge is 0.457 e. The number of nitrogens with zero attached hydrogens (tertiary/aromatic N) is 2. The minimum absolute atomic E-state index is 0.206. The average Bonchev–Trinajstić information content (AvgIpc) is 2.95. The molecule has 6 heteroatoms. The van der Waals surface area contributed by atoms with Crippen LogP contribution in [-0.4, -0.2) is 17.7 Å². The molecule has 1 heterocycles. The molecule has 0 atom stereocenters. The van der Waals surface area contributed by atoms with E-state index in [0.29, 0.717) is 11.5 Å². The van der Waals surface area contributed by atoms with Crippen LogP contribution in [0.5, 0.6) is 11.5 Å². The molecule has 37 heavy (non-hydrogen) atoms. The fraction of sp³-hybridized carbons (Fsp3) is 0.0645. The molecule has 0 fully saturated rings. The SMILES string of the molecule is O=S(=O)(c1ccc(Oc2ccccc2)cc1)N(Cc1ccc(-c2ccccc2)cc1)Cc1cccnc1. The highest BCUT2D eigenvalue weighted by atomic mass is 32.2. The Morgan fingerprint density at radius 1 is 0.595 bits per heavy atom. The second kappa shape index (κ2) is 11.2. The highest BCUT2D eigenvalue weighted by Gasteiger charge is 2.25. The lowest BCUT2D eigenvalue weighted by Crippen LogP contribution is -2.30. The fourth-order valence-electron chi connectivity index (χ4n) is 4.01. The molecule has 1 aromatic heterocycles. The van der Waals surface area contributed by atoms with Crippen molar-refractivity contribution in [1.82, 2.24) is 9.29 Å². The lowest BCUT2D eigenvalue weighted by molar-refractivity contribution is 0.400. The summed E-state index contributed by atoms with van der Waals surface area (Å²) in [5.74, 6) is 1.26. The third-order valence-corrected chi connectivity index (χ3v) is 7.75. The number of benzene rings is 4.